The SMILES string of the molecule is O=C(O)NCc1ccc(N2CCSCC2)cc1. The zero-order chi connectivity index (χ0) is 12.1. The molecule has 1 aromatic rings. The Kier molecular flexibility index (Phi) is 4.14. The van der Waals surface area contributed by atoms with Crippen molar-refractivity contribution in [2.45, 2.75) is 6.54 Å². The van der Waals surface area contributed by atoms with Gasteiger partial charge >= 0.3 is 6.09 Å². The summed E-state index contributed by atoms with van der Waals surface area (Å²) in [4.78, 5) is 12.7. The Morgan fingerprint density at radius 2 is 1.94 bits per heavy atom. The van der Waals surface area contributed by atoms with E-state index in [1.54, 1.807) is 0 Å². The van der Waals surface area contributed by atoms with Gasteiger partial charge in [0, 0.05) is 36.8 Å². The molecule has 4 nitrogen and oxygen atoms in total. The van der Waals surface area contributed by atoms with Crippen molar-refractivity contribution >= 4 is 23.5 Å². The van der Waals surface area contributed by atoms with Crippen LogP contribution in [0.5, 0.6) is 0 Å². The van der Waals surface area contributed by atoms with Gasteiger partial charge in [-0.3, -0.25) is 0 Å². The maximum Gasteiger partial charge on any atom is 0.404 e. The molecule has 17 heavy (non-hydrogen) atoms. The maximum absolute atomic E-state index is 10.4. The van der Waals surface area contributed by atoms with E-state index in [0.29, 0.717) is 6.54 Å². The Morgan fingerprint density at radius 1 is 1.29 bits per heavy atom. The molecule has 0 spiro atoms. The van der Waals surface area contributed by atoms with Crippen molar-refractivity contribution in [3.8, 4) is 0 Å². The monoisotopic (exact) mass is 252 g/mol. The van der Waals surface area contributed by atoms with Crippen molar-refractivity contribution in [1.29, 1.82) is 0 Å². The summed E-state index contributed by atoms with van der Waals surface area (Å²) in [5.74, 6) is 2.37. The normalized spacial score (nSPS) is 15.6. The predicted molar refractivity (Wildman–Crippen MR) is 70.8 cm³/mol. The summed E-state index contributed by atoms with van der Waals surface area (Å²) in [5, 5.41) is 10.9. The zero-order valence-electron chi connectivity index (χ0n) is 9.56. The summed E-state index contributed by atoms with van der Waals surface area (Å²) < 4.78 is 0. The van der Waals surface area contributed by atoms with E-state index >= 15 is 0 Å². The maximum atomic E-state index is 10.4. The summed E-state index contributed by atoms with van der Waals surface area (Å²) in [7, 11) is 0. The van der Waals surface area contributed by atoms with Crippen LogP contribution in [0.2, 0.25) is 0 Å². The fraction of sp³-hybridized carbons (Fsp3) is 0.417. The Labute approximate surface area is 105 Å². The number of anilines is 1. The lowest BCUT2D eigenvalue weighted by atomic mass is 10.2. The van der Waals surface area contributed by atoms with E-state index in [-0.39, 0.29) is 0 Å². The number of rotatable bonds is 3. The molecular weight excluding hydrogens is 236 g/mol. The number of hydrogen-bond donors (Lipinski definition) is 2. The van der Waals surface area contributed by atoms with Crippen LogP contribution in [0.25, 0.3) is 0 Å². The van der Waals surface area contributed by atoms with Gasteiger partial charge in [0.25, 0.3) is 0 Å². The first-order valence-corrected chi connectivity index (χ1v) is 6.79. The molecule has 1 aliphatic heterocycles. The van der Waals surface area contributed by atoms with Crippen molar-refractivity contribution in [3.63, 3.8) is 0 Å². The van der Waals surface area contributed by atoms with Crippen LogP contribution in [0.3, 0.4) is 0 Å². The highest BCUT2D eigenvalue weighted by atomic mass is 32.2. The van der Waals surface area contributed by atoms with Gasteiger partial charge in [-0.1, -0.05) is 12.1 Å². The second-order valence-electron chi connectivity index (χ2n) is 3.92. The number of nitrogens with zero attached hydrogens (tertiary/aromatic N) is 1. The second kappa shape index (κ2) is 5.82. The Hall–Kier alpha value is -1.36. The Bertz CT molecular complexity index is 375. The molecule has 0 saturated carbocycles. The molecule has 1 heterocycles. The summed E-state index contributed by atoms with van der Waals surface area (Å²) >= 11 is 1.99. The zero-order valence-corrected chi connectivity index (χ0v) is 10.4. The third-order valence-electron chi connectivity index (χ3n) is 2.76. The second-order valence-corrected chi connectivity index (χ2v) is 5.15. The molecular formula is C12H16N2O2S. The number of carbonyl (C=O) groups is 1. The van der Waals surface area contributed by atoms with E-state index in [9.17, 15) is 4.79 Å². The molecule has 1 saturated heterocycles. The Morgan fingerprint density at radius 3 is 2.53 bits per heavy atom. The fourth-order valence-electron chi connectivity index (χ4n) is 1.82. The molecule has 0 unspecified atom stereocenters. The van der Waals surface area contributed by atoms with E-state index in [4.69, 9.17) is 5.11 Å². The smallest absolute Gasteiger partial charge is 0.404 e. The highest BCUT2D eigenvalue weighted by Gasteiger charge is 2.10. The van der Waals surface area contributed by atoms with Crippen molar-refractivity contribution in [2.24, 2.45) is 0 Å². The van der Waals surface area contributed by atoms with Crippen molar-refractivity contribution < 1.29 is 9.90 Å². The first kappa shape index (κ1) is 12.1. The van der Waals surface area contributed by atoms with Crippen LogP contribution in [0.1, 0.15) is 5.56 Å². The van der Waals surface area contributed by atoms with Gasteiger partial charge in [-0.2, -0.15) is 11.8 Å². The third-order valence-corrected chi connectivity index (χ3v) is 3.70. The molecule has 2 N–H and O–H groups in total. The largest absolute Gasteiger partial charge is 0.465 e. The quantitative estimate of drug-likeness (QED) is 0.864. The summed E-state index contributed by atoms with van der Waals surface area (Å²) in [5.41, 5.74) is 2.21. The molecule has 92 valence electrons. The lowest BCUT2D eigenvalue weighted by Crippen LogP contribution is -2.32. The topological polar surface area (TPSA) is 52.6 Å². The summed E-state index contributed by atoms with van der Waals surface area (Å²) in [6, 6.07) is 8.09. The van der Waals surface area contributed by atoms with Gasteiger partial charge in [0.1, 0.15) is 0 Å². The lowest BCUT2D eigenvalue weighted by Gasteiger charge is -2.28. The van der Waals surface area contributed by atoms with Gasteiger partial charge in [-0.25, -0.2) is 4.79 Å². The number of hydrogen-bond acceptors (Lipinski definition) is 3. The average molecular weight is 252 g/mol. The van der Waals surface area contributed by atoms with Gasteiger partial charge in [0.15, 0.2) is 0 Å². The molecule has 1 fully saturated rings. The molecule has 5 heteroatoms. The van der Waals surface area contributed by atoms with Gasteiger partial charge in [0.2, 0.25) is 0 Å². The molecule has 0 aliphatic carbocycles. The van der Waals surface area contributed by atoms with Crippen molar-refractivity contribution in [2.75, 3.05) is 29.5 Å². The molecule has 1 aromatic carbocycles. The average Bonchev–Trinajstić information content (AvgIpc) is 2.38. The molecule has 2 rings (SSSR count). The molecule has 0 radical (unpaired) electrons. The van der Waals surface area contributed by atoms with Gasteiger partial charge in [-0.15, -0.1) is 0 Å². The number of carboxylic acid groups (broad SMARTS) is 1. The van der Waals surface area contributed by atoms with Crippen LogP contribution >= 0.6 is 11.8 Å². The van der Waals surface area contributed by atoms with Crippen LogP contribution in [-0.4, -0.2) is 35.8 Å². The van der Waals surface area contributed by atoms with Crippen LogP contribution < -0.4 is 10.2 Å². The van der Waals surface area contributed by atoms with Crippen molar-refractivity contribution in [3.05, 3.63) is 29.8 Å². The van der Waals surface area contributed by atoms with E-state index in [0.717, 1.165) is 18.7 Å². The van der Waals surface area contributed by atoms with E-state index in [1.807, 2.05) is 23.9 Å². The minimum absolute atomic E-state index is 0.367. The molecule has 1 amide bonds. The van der Waals surface area contributed by atoms with E-state index in [2.05, 4.69) is 22.3 Å². The summed E-state index contributed by atoms with van der Waals surface area (Å²) in [6.07, 6.45) is -0.984. The number of amides is 1. The van der Waals surface area contributed by atoms with E-state index in [1.165, 1.54) is 17.2 Å². The molecule has 0 bridgehead atoms. The third kappa shape index (κ3) is 3.56. The van der Waals surface area contributed by atoms with Crippen LogP contribution in [0, 0.1) is 0 Å². The van der Waals surface area contributed by atoms with Crippen LogP contribution in [-0.2, 0) is 6.54 Å². The summed E-state index contributed by atoms with van der Waals surface area (Å²) in [6.45, 7) is 2.56. The first-order valence-electron chi connectivity index (χ1n) is 5.64. The highest BCUT2D eigenvalue weighted by molar-refractivity contribution is 7.99. The number of thioether (sulfide) groups is 1. The Balaban J connectivity index is 1.94. The fourth-order valence-corrected chi connectivity index (χ4v) is 2.73. The minimum atomic E-state index is -0.984. The van der Waals surface area contributed by atoms with Crippen LogP contribution in [0.4, 0.5) is 10.5 Å². The highest BCUT2D eigenvalue weighted by Crippen LogP contribution is 2.19. The van der Waals surface area contributed by atoms with Gasteiger partial charge < -0.3 is 15.3 Å². The molecule has 1 aliphatic rings. The number of nitrogens with one attached hydrogen (secondary N) is 1. The molecule has 0 aromatic heterocycles. The van der Waals surface area contributed by atoms with E-state index < -0.39 is 6.09 Å². The minimum Gasteiger partial charge on any atom is -0.465 e. The number of benzene rings is 1. The first-order chi connectivity index (χ1) is 8.25. The van der Waals surface area contributed by atoms with Gasteiger partial charge in [0.05, 0.1) is 0 Å². The predicted octanol–water partition coefficient (Wildman–Crippen LogP) is 2.01. The lowest BCUT2D eigenvalue weighted by molar-refractivity contribution is 0.194. The van der Waals surface area contributed by atoms with Crippen molar-refractivity contribution in [1.82, 2.24) is 5.32 Å². The van der Waals surface area contributed by atoms with Gasteiger partial charge in [-0.05, 0) is 17.7 Å². The molecule has 0 atom stereocenters. The standard InChI is InChI=1S/C12H16N2O2S/c15-12(16)13-9-10-1-3-11(4-2-10)14-5-7-17-8-6-14/h1-4,13H,5-9H2,(H,15,16). The van der Waals surface area contributed by atoms with Crippen LogP contribution in [0.15, 0.2) is 24.3 Å².